The molecule has 8 heteroatoms. The van der Waals surface area contributed by atoms with Crippen LogP contribution < -0.4 is 4.31 Å². The van der Waals surface area contributed by atoms with Crippen LogP contribution in [0.1, 0.15) is 11.5 Å². The second-order valence-corrected chi connectivity index (χ2v) is 8.15. The molecule has 2 heterocycles. The van der Waals surface area contributed by atoms with Crippen molar-refractivity contribution in [2.45, 2.75) is 18.4 Å². The van der Waals surface area contributed by atoms with Crippen molar-refractivity contribution in [2.75, 3.05) is 17.9 Å². The van der Waals surface area contributed by atoms with Crippen LogP contribution in [0.25, 0.3) is 10.8 Å². The minimum absolute atomic E-state index is 0.244. The summed E-state index contributed by atoms with van der Waals surface area (Å²) < 4.78 is 32.0. The van der Waals surface area contributed by atoms with Gasteiger partial charge in [-0.2, -0.15) is 0 Å². The Balaban J connectivity index is 1.62. The van der Waals surface area contributed by atoms with Crippen molar-refractivity contribution in [1.29, 1.82) is 0 Å². The van der Waals surface area contributed by atoms with E-state index in [4.69, 9.17) is 4.52 Å². The number of rotatable bonds is 4. The first-order valence-corrected chi connectivity index (χ1v) is 9.52. The van der Waals surface area contributed by atoms with Gasteiger partial charge < -0.3 is 9.42 Å². The normalized spacial score (nSPS) is 14.8. The lowest BCUT2D eigenvalue weighted by molar-refractivity contribution is -0.128. The summed E-state index contributed by atoms with van der Waals surface area (Å²) >= 11 is 0. The quantitative estimate of drug-likeness (QED) is 0.703. The molecule has 1 amide bonds. The van der Waals surface area contributed by atoms with E-state index in [1.807, 2.05) is 12.1 Å². The number of likely N-dealkylation sites (N-methyl/N-ethyl adjacent to an activating group) is 1. The number of hydrogen-bond donors (Lipinski definition) is 0. The Labute approximate surface area is 150 Å². The molecule has 0 spiro atoms. The van der Waals surface area contributed by atoms with Crippen LogP contribution in [0.15, 0.2) is 51.9 Å². The summed E-state index contributed by atoms with van der Waals surface area (Å²) in [7, 11) is -2.13. The number of carbonyl (C=O) groups excluding carboxylic acids is 1. The van der Waals surface area contributed by atoms with Crippen molar-refractivity contribution in [3.63, 3.8) is 0 Å². The Hall–Kier alpha value is -2.87. The van der Waals surface area contributed by atoms with Gasteiger partial charge in [-0.3, -0.25) is 9.10 Å². The third kappa shape index (κ3) is 2.53. The summed E-state index contributed by atoms with van der Waals surface area (Å²) in [6.07, 6.45) is 0. The summed E-state index contributed by atoms with van der Waals surface area (Å²) in [5.41, 5.74) is 1.16. The van der Waals surface area contributed by atoms with E-state index in [1.54, 1.807) is 44.3 Å². The number of nitrogens with zero attached hydrogens (tertiary/aromatic N) is 3. The number of anilines is 1. The van der Waals surface area contributed by atoms with E-state index in [-0.39, 0.29) is 23.9 Å². The molecule has 0 bridgehead atoms. The van der Waals surface area contributed by atoms with Crippen molar-refractivity contribution < 1.29 is 17.7 Å². The van der Waals surface area contributed by atoms with Crippen molar-refractivity contribution in [3.8, 4) is 0 Å². The van der Waals surface area contributed by atoms with Gasteiger partial charge in [-0.05, 0) is 24.4 Å². The number of aryl methyl sites for hydroxylation is 1. The van der Waals surface area contributed by atoms with Crippen molar-refractivity contribution in [2.24, 2.45) is 0 Å². The maximum atomic E-state index is 12.9. The number of hydrogen-bond acceptors (Lipinski definition) is 5. The molecule has 3 aromatic rings. The smallest absolute Gasteiger partial charge is 0.265 e. The molecule has 0 saturated heterocycles. The first-order valence-electron chi connectivity index (χ1n) is 8.08. The maximum absolute atomic E-state index is 12.9. The molecule has 7 nitrogen and oxygen atoms in total. The molecule has 4 rings (SSSR count). The lowest BCUT2D eigenvalue weighted by Crippen LogP contribution is -2.39. The number of sulfonamides is 1. The molecule has 0 unspecified atom stereocenters. The van der Waals surface area contributed by atoms with Crippen molar-refractivity contribution >= 4 is 32.4 Å². The van der Waals surface area contributed by atoms with Crippen LogP contribution in [0, 0.1) is 6.92 Å². The number of benzene rings is 2. The first-order chi connectivity index (χ1) is 12.4. The highest BCUT2D eigenvalue weighted by Gasteiger charge is 2.37. The first kappa shape index (κ1) is 16.6. The molecule has 2 aromatic carbocycles. The zero-order chi connectivity index (χ0) is 18.5. The number of amides is 1. The summed E-state index contributed by atoms with van der Waals surface area (Å²) in [5, 5.41) is 5.36. The SMILES string of the molecule is Cc1cc(CN(C)C(=O)CN2c3cccc4cccc(c34)S2(=O)=O)no1. The minimum Gasteiger partial charge on any atom is -0.361 e. The van der Waals surface area contributed by atoms with E-state index >= 15 is 0 Å². The fourth-order valence-corrected chi connectivity index (χ4v) is 4.86. The van der Waals surface area contributed by atoms with Gasteiger partial charge in [0.05, 0.1) is 17.1 Å². The standard InChI is InChI=1S/C18H17N3O4S/c1-12-9-14(19-25-12)10-20(2)17(22)11-21-15-7-3-5-13-6-4-8-16(18(13)15)26(21,23)24/h3-9H,10-11H2,1-2H3. The van der Waals surface area contributed by atoms with Crippen LogP contribution >= 0.6 is 0 Å². The summed E-state index contributed by atoms with van der Waals surface area (Å²) in [4.78, 5) is 14.3. The molecule has 1 aliphatic rings. The van der Waals surface area contributed by atoms with Gasteiger partial charge in [0.1, 0.15) is 18.0 Å². The topological polar surface area (TPSA) is 83.7 Å². The van der Waals surface area contributed by atoms with Crippen LogP contribution in [-0.4, -0.2) is 38.0 Å². The third-order valence-corrected chi connectivity index (χ3v) is 6.26. The van der Waals surface area contributed by atoms with E-state index in [9.17, 15) is 13.2 Å². The van der Waals surface area contributed by atoms with E-state index in [2.05, 4.69) is 5.16 Å². The molecular weight excluding hydrogens is 354 g/mol. The van der Waals surface area contributed by atoms with E-state index in [1.165, 1.54) is 9.21 Å². The molecule has 134 valence electrons. The van der Waals surface area contributed by atoms with Gasteiger partial charge in [-0.15, -0.1) is 0 Å². The molecular formula is C18H17N3O4S. The lowest BCUT2D eigenvalue weighted by Gasteiger charge is -2.22. The highest BCUT2D eigenvalue weighted by atomic mass is 32.2. The predicted molar refractivity (Wildman–Crippen MR) is 96.2 cm³/mol. The molecule has 1 aliphatic heterocycles. The average molecular weight is 371 g/mol. The zero-order valence-electron chi connectivity index (χ0n) is 14.3. The van der Waals surface area contributed by atoms with Gasteiger partial charge in [0, 0.05) is 18.5 Å². The van der Waals surface area contributed by atoms with Crippen LogP contribution in [0.2, 0.25) is 0 Å². The molecule has 0 atom stereocenters. The Morgan fingerprint density at radius 3 is 2.65 bits per heavy atom. The summed E-state index contributed by atoms with van der Waals surface area (Å²) in [6, 6.07) is 12.3. The van der Waals surface area contributed by atoms with Gasteiger partial charge in [0.2, 0.25) is 5.91 Å². The molecule has 1 aromatic heterocycles. The lowest BCUT2D eigenvalue weighted by atomic mass is 10.1. The monoisotopic (exact) mass is 371 g/mol. The van der Waals surface area contributed by atoms with Gasteiger partial charge >= 0.3 is 0 Å². The van der Waals surface area contributed by atoms with Gasteiger partial charge in [-0.1, -0.05) is 29.4 Å². The Bertz CT molecular complexity index is 1120. The molecule has 0 saturated carbocycles. The molecule has 0 radical (unpaired) electrons. The predicted octanol–water partition coefficient (Wildman–Crippen LogP) is 2.30. The summed E-state index contributed by atoms with van der Waals surface area (Å²) in [6.45, 7) is 1.76. The highest BCUT2D eigenvalue weighted by Crippen LogP contribution is 2.41. The molecule has 26 heavy (non-hydrogen) atoms. The summed E-state index contributed by atoms with van der Waals surface area (Å²) in [5.74, 6) is 0.337. The fourth-order valence-electron chi connectivity index (χ4n) is 3.20. The van der Waals surface area contributed by atoms with Crippen LogP contribution in [-0.2, 0) is 21.4 Å². The number of aromatic nitrogens is 1. The van der Waals surface area contributed by atoms with Crippen LogP contribution in [0.3, 0.4) is 0 Å². The third-order valence-electron chi connectivity index (χ3n) is 4.46. The molecule has 0 N–H and O–H groups in total. The Morgan fingerprint density at radius 2 is 1.96 bits per heavy atom. The van der Waals surface area contributed by atoms with Gasteiger partial charge in [0.15, 0.2) is 0 Å². The minimum atomic E-state index is -3.74. The van der Waals surface area contributed by atoms with E-state index in [0.29, 0.717) is 22.5 Å². The Kier molecular flexibility index (Phi) is 3.73. The van der Waals surface area contributed by atoms with Crippen molar-refractivity contribution in [1.82, 2.24) is 10.1 Å². The maximum Gasteiger partial charge on any atom is 0.265 e. The largest absolute Gasteiger partial charge is 0.361 e. The van der Waals surface area contributed by atoms with E-state index < -0.39 is 10.0 Å². The highest BCUT2D eigenvalue weighted by molar-refractivity contribution is 7.93. The second-order valence-electron chi connectivity index (χ2n) is 6.32. The average Bonchev–Trinajstić information content (AvgIpc) is 3.11. The molecule has 0 aliphatic carbocycles. The van der Waals surface area contributed by atoms with Gasteiger partial charge in [0.25, 0.3) is 10.0 Å². The zero-order valence-corrected chi connectivity index (χ0v) is 15.2. The van der Waals surface area contributed by atoms with Crippen LogP contribution in [0.5, 0.6) is 0 Å². The van der Waals surface area contributed by atoms with Crippen LogP contribution in [0.4, 0.5) is 5.69 Å². The van der Waals surface area contributed by atoms with Crippen molar-refractivity contribution in [3.05, 3.63) is 53.9 Å². The Morgan fingerprint density at radius 1 is 1.23 bits per heavy atom. The fraction of sp³-hybridized carbons (Fsp3) is 0.222. The van der Waals surface area contributed by atoms with Gasteiger partial charge in [-0.25, -0.2) is 8.42 Å². The molecule has 0 fully saturated rings. The van der Waals surface area contributed by atoms with E-state index in [0.717, 1.165) is 5.39 Å². The second kappa shape index (κ2) is 5.84. The number of carbonyl (C=O) groups is 1.